The predicted molar refractivity (Wildman–Crippen MR) is 192 cm³/mol. The largest absolute Gasteiger partial charge is 0.462 e. The molecule has 0 spiro atoms. The number of rotatable bonds is 34. The molecule has 0 rings (SSSR count). The fraction of sp³-hybridized carbons (Fsp3) is 0.925. The zero-order chi connectivity index (χ0) is 34.1. The highest BCUT2D eigenvalue weighted by Crippen LogP contribution is 2.15. The molecule has 6 nitrogen and oxygen atoms in total. The Bertz CT molecular complexity index is 704. The molecule has 1 atom stereocenters. The molecule has 0 aromatic heterocycles. The van der Waals surface area contributed by atoms with E-state index in [1.54, 1.807) is 0 Å². The zero-order valence-corrected chi connectivity index (χ0v) is 31.2. The molecular weight excluding hydrogens is 576 g/mol. The van der Waals surface area contributed by atoms with Crippen LogP contribution in [-0.2, 0) is 28.6 Å². The molecule has 272 valence electrons. The van der Waals surface area contributed by atoms with Crippen LogP contribution in [0.4, 0.5) is 0 Å². The van der Waals surface area contributed by atoms with E-state index in [9.17, 15) is 14.4 Å². The van der Waals surface area contributed by atoms with Crippen molar-refractivity contribution in [2.75, 3.05) is 13.2 Å². The van der Waals surface area contributed by atoms with Crippen molar-refractivity contribution in [3.05, 3.63) is 0 Å². The van der Waals surface area contributed by atoms with Crippen molar-refractivity contribution in [2.24, 2.45) is 11.8 Å². The first-order valence-corrected chi connectivity index (χ1v) is 19.7. The van der Waals surface area contributed by atoms with Crippen LogP contribution in [0.5, 0.6) is 0 Å². The van der Waals surface area contributed by atoms with Gasteiger partial charge in [-0.2, -0.15) is 0 Å². The van der Waals surface area contributed by atoms with Crippen molar-refractivity contribution in [2.45, 2.75) is 214 Å². The average Bonchev–Trinajstić information content (AvgIpc) is 3.01. The van der Waals surface area contributed by atoms with E-state index in [4.69, 9.17) is 14.2 Å². The van der Waals surface area contributed by atoms with Crippen molar-refractivity contribution >= 4 is 17.9 Å². The molecule has 0 unspecified atom stereocenters. The average molecular weight is 653 g/mol. The first kappa shape index (κ1) is 44.4. The second-order valence-corrected chi connectivity index (χ2v) is 14.5. The van der Waals surface area contributed by atoms with E-state index in [1.807, 2.05) is 0 Å². The zero-order valence-electron chi connectivity index (χ0n) is 31.2. The number of ether oxygens (including phenoxy) is 3. The van der Waals surface area contributed by atoms with Gasteiger partial charge in [0, 0.05) is 19.3 Å². The molecule has 0 N–H and O–H groups in total. The number of carbonyl (C=O) groups excluding carboxylic acids is 3. The molecule has 0 saturated heterocycles. The highest BCUT2D eigenvalue weighted by Gasteiger charge is 2.19. The highest BCUT2D eigenvalue weighted by atomic mass is 16.6. The lowest BCUT2D eigenvalue weighted by molar-refractivity contribution is -0.167. The molecule has 0 saturated carbocycles. The fourth-order valence-corrected chi connectivity index (χ4v) is 5.69. The first-order chi connectivity index (χ1) is 22.2. The van der Waals surface area contributed by atoms with Gasteiger partial charge in [0.2, 0.25) is 0 Å². The van der Waals surface area contributed by atoms with Crippen LogP contribution < -0.4 is 0 Å². The minimum atomic E-state index is -0.759. The number of unbranched alkanes of at least 4 members (excludes halogenated alkanes) is 19. The van der Waals surface area contributed by atoms with Gasteiger partial charge < -0.3 is 14.2 Å². The number of carbonyl (C=O) groups is 3. The summed E-state index contributed by atoms with van der Waals surface area (Å²) in [5.74, 6) is 0.665. The second kappa shape index (κ2) is 33.3. The van der Waals surface area contributed by atoms with Gasteiger partial charge in [0.25, 0.3) is 0 Å². The van der Waals surface area contributed by atoms with Crippen LogP contribution in [0.2, 0.25) is 0 Å². The lowest BCUT2D eigenvalue weighted by atomic mass is 10.0. The van der Waals surface area contributed by atoms with E-state index in [1.165, 1.54) is 96.3 Å². The lowest BCUT2D eigenvalue weighted by Gasteiger charge is -2.18. The van der Waals surface area contributed by atoms with Crippen molar-refractivity contribution in [1.82, 2.24) is 0 Å². The summed E-state index contributed by atoms with van der Waals surface area (Å²) in [6.45, 7) is 11.2. The number of esters is 3. The number of hydrogen-bond acceptors (Lipinski definition) is 6. The summed E-state index contributed by atoms with van der Waals surface area (Å²) in [6.07, 6.45) is 28.3. The Labute approximate surface area is 285 Å². The van der Waals surface area contributed by atoms with Crippen LogP contribution >= 0.6 is 0 Å². The molecule has 0 amide bonds. The van der Waals surface area contributed by atoms with Gasteiger partial charge in [-0.1, -0.05) is 169 Å². The fourth-order valence-electron chi connectivity index (χ4n) is 5.69. The van der Waals surface area contributed by atoms with Crippen molar-refractivity contribution < 1.29 is 28.6 Å². The third-order valence-corrected chi connectivity index (χ3v) is 8.72. The standard InChI is InChI=1S/C40H76O6/c1-6-7-8-9-10-11-14-20-25-30-38(41)44-33-37(46-40(43)32-27-22-17-16-19-24-29-36(4)5)34-45-39(42)31-26-21-15-12-13-18-23-28-35(2)3/h35-37H,6-34H2,1-5H3/t37-/m1/s1. The van der Waals surface area contributed by atoms with E-state index < -0.39 is 6.10 Å². The van der Waals surface area contributed by atoms with Gasteiger partial charge >= 0.3 is 17.9 Å². The van der Waals surface area contributed by atoms with E-state index in [0.717, 1.165) is 69.6 Å². The monoisotopic (exact) mass is 653 g/mol. The maximum Gasteiger partial charge on any atom is 0.306 e. The molecule has 0 bridgehead atoms. The molecule has 0 fully saturated rings. The molecule has 0 heterocycles. The Morgan fingerprint density at radius 2 is 0.717 bits per heavy atom. The summed E-state index contributed by atoms with van der Waals surface area (Å²) in [4.78, 5) is 37.4. The third-order valence-electron chi connectivity index (χ3n) is 8.72. The number of hydrogen-bond donors (Lipinski definition) is 0. The van der Waals surface area contributed by atoms with Gasteiger partial charge in [0.15, 0.2) is 6.10 Å². The maximum atomic E-state index is 12.6. The van der Waals surface area contributed by atoms with Gasteiger partial charge in [-0.25, -0.2) is 0 Å². The summed E-state index contributed by atoms with van der Waals surface area (Å²) in [6, 6.07) is 0. The van der Waals surface area contributed by atoms with Gasteiger partial charge in [-0.05, 0) is 31.1 Å². The van der Waals surface area contributed by atoms with Crippen molar-refractivity contribution in [3.63, 3.8) is 0 Å². The Kier molecular flexibility index (Phi) is 32.2. The second-order valence-electron chi connectivity index (χ2n) is 14.5. The molecular formula is C40H76O6. The maximum absolute atomic E-state index is 12.6. The molecule has 0 aliphatic heterocycles. The first-order valence-electron chi connectivity index (χ1n) is 19.7. The Morgan fingerprint density at radius 1 is 0.413 bits per heavy atom. The summed E-state index contributed by atoms with van der Waals surface area (Å²) >= 11 is 0. The molecule has 46 heavy (non-hydrogen) atoms. The summed E-state index contributed by atoms with van der Waals surface area (Å²) in [5.41, 5.74) is 0. The van der Waals surface area contributed by atoms with Crippen LogP contribution in [0.15, 0.2) is 0 Å². The van der Waals surface area contributed by atoms with E-state index >= 15 is 0 Å². The molecule has 0 aromatic rings. The van der Waals surface area contributed by atoms with Crippen molar-refractivity contribution in [1.29, 1.82) is 0 Å². The minimum Gasteiger partial charge on any atom is -0.462 e. The van der Waals surface area contributed by atoms with Crippen LogP contribution in [0.3, 0.4) is 0 Å². The predicted octanol–water partition coefficient (Wildman–Crippen LogP) is 11.8. The SMILES string of the molecule is CCCCCCCCCCCC(=O)OC[C@H](COC(=O)CCCCCCCCCC(C)C)OC(=O)CCCCCCCCC(C)C. The lowest BCUT2D eigenvalue weighted by Crippen LogP contribution is -2.30. The van der Waals surface area contributed by atoms with Gasteiger partial charge in [0.1, 0.15) is 13.2 Å². The molecule has 0 aromatic carbocycles. The van der Waals surface area contributed by atoms with E-state index in [-0.39, 0.29) is 31.1 Å². The highest BCUT2D eigenvalue weighted by molar-refractivity contribution is 5.71. The molecule has 0 aliphatic rings. The summed E-state index contributed by atoms with van der Waals surface area (Å²) in [7, 11) is 0. The van der Waals surface area contributed by atoms with Crippen LogP contribution in [0.1, 0.15) is 208 Å². The van der Waals surface area contributed by atoms with Crippen molar-refractivity contribution in [3.8, 4) is 0 Å². The summed E-state index contributed by atoms with van der Waals surface area (Å²) < 4.78 is 16.6. The third kappa shape index (κ3) is 33.8. The molecule has 6 heteroatoms. The summed E-state index contributed by atoms with van der Waals surface area (Å²) in [5, 5.41) is 0. The van der Waals surface area contributed by atoms with Gasteiger partial charge in [0.05, 0.1) is 0 Å². The molecule has 0 radical (unpaired) electrons. The van der Waals surface area contributed by atoms with E-state index in [0.29, 0.717) is 19.3 Å². The Balaban J connectivity index is 4.36. The molecule has 0 aliphatic carbocycles. The van der Waals surface area contributed by atoms with Gasteiger partial charge in [-0.15, -0.1) is 0 Å². The topological polar surface area (TPSA) is 78.9 Å². The van der Waals surface area contributed by atoms with Crippen LogP contribution in [0.25, 0.3) is 0 Å². The van der Waals surface area contributed by atoms with Crippen LogP contribution in [0, 0.1) is 11.8 Å². The Hall–Kier alpha value is -1.59. The van der Waals surface area contributed by atoms with E-state index in [2.05, 4.69) is 34.6 Å². The minimum absolute atomic E-state index is 0.0675. The smallest absolute Gasteiger partial charge is 0.306 e. The van der Waals surface area contributed by atoms with Gasteiger partial charge in [-0.3, -0.25) is 14.4 Å². The quantitative estimate of drug-likeness (QED) is 0.0391. The normalized spacial score (nSPS) is 12.1. The van der Waals surface area contributed by atoms with Crippen LogP contribution in [-0.4, -0.2) is 37.2 Å². The Morgan fingerprint density at radius 3 is 1.07 bits per heavy atom.